The van der Waals surface area contributed by atoms with Crippen molar-refractivity contribution in [2.24, 2.45) is 0 Å². The Bertz CT molecular complexity index is 558. The van der Waals surface area contributed by atoms with Crippen LogP contribution in [0.1, 0.15) is 12.5 Å². The second-order valence-electron chi connectivity index (χ2n) is 4.11. The summed E-state index contributed by atoms with van der Waals surface area (Å²) in [6, 6.07) is 8.20. The van der Waals surface area contributed by atoms with Gasteiger partial charge in [0.1, 0.15) is 5.75 Å². The molecule has 3 nitrogen and oxygen atoms in total. The van der Waals surface area contributed by atoms with E-state index in [4.69, 9.17) is 4.74 Å². The van der Waals surface area contributed by atoms with Crippen molar-refractivity contribution < 1.29 is 4.74 Å². The molecule has 0 fully saturated rings. The van der Waals surface area contributed by atoms with E-state index in [1.54, 1.807) is 19.1 Å². The summed E-state index contributed by atoms with van der Waals surface area (Å²) >= 11 is 1.57. The van der Waals surface area contributed by atoms with E-state index < -0.39 is 0 Å². The Morgan fingerprint density at radius 2 is 2.11 bits per heavy atom. The van der Waals surface area contributed by atoms with Crippen molar-refractivity contribution in [2.45, 2.75) is 13.3 Å². The Hall–Kier alpha value is -1.68. The molecule has 100 valence electrons. The van der Waals surface area contributed by atoms with Gasteiger partial charge in [0.05, 0.1) is 7.11 Å². The van der Waals surface area contributed by atoms with Crippen LogP contribution in [0, 0.1) is 0 Å². The molecule has 0 radical (unpaired) electrons. The smallest absolute Gasteiger partial charge is 0.128 e. The minimum atomic E-state index is 0.863. The quantitative estimate of drug-likeness (QED) is 0.835. The van der Waals surface area contributed by atoms with Gasteiger partial charge in [-0.3, -0.25) is 4.98 Å². The lowest BCUT2D eigenvalue weighted by atomic mass is 9.99. The van der Waals surface area contributed by atoms with Gasteiger partial charge in [-0.2, -0.15) is 0 Å². The van der Waals surface area contributed by atoms with Crippen molar-refractivity contribution in [1.82, 2.24) is 4.98 Å². The predicted molar refractivity (Wildman–Crippen MR) is 82.7 cm³/mol. The second-order valence-corrected chi connectivity index (χ2v) is 4.72. The number of anilines is 1. The van der Waals surface area contributed by atoms with Crippen molar-refractivity contribution in [3.63, 3.8) is 0 Å². The molecule has 4 heteroatoms. The van der Waals surface area contributed by atoms with Crippen LogP contribution in [0.15, 0.2) is 36.7 Å². The molecule has 0 aliphatic rings. The number of rotatable bonds is 5. The summed E-state index contributed by atoms with van der Waals surface area (Å²) in [5.41, 5.74) is 4.53. The fourth-order valence-electron chi connectivity index (χ4n) is 2.07. The third kappa shape index (κ3) is 3.01. The maximum absolute atomic E-state index is 5.51. The largest absolute Gasteiger partial charge is 0.496 e. The number of pyridine rings is 1. The number of methoxy groups -OCH3 is 1. The number of ether oxygens (including phenoxy) is 1. The van der Waals surface area contributed by atoms with Gasteiger partial charge in [-0.05, 0) is 30.2 Å². The summed E-state index contributed by atoms with van der Waals surface area (Å²) in [7, 11) is 1.70. The third-order valence-corrected chi connectivity index (χ3v) is 3.44. The summed E-state index contributed by atoms with van der Waals surface area (Å²) in [5, 5.41) is 0. The first kappa shape index (κ1) is 13.7. The highest BCUT2D eigenvalue weighted by Gasteiger charge is 2.10. The number of hydrogen-bond acceptors (Lipinski definition) is 4. The SMILES string of the molecule is CCc1ccncc1-c1ccc(NSC)cc1OC. The van der Waals surface area contributed by atoms with E-state index in [0.717, 1.165) is 29.0 Å². The molecule has 1 heterocycles. The van der Waals surface area contributed by atoms with Gasteiger partial charge in [0, 0.05) is 41.5 Å². The fourth-order valence-corrected chi connectivity index (χ4v) is 2.43. The Morgan fingerprint density at radius 3 is 2.79 bits per heavy atom. The molecule has 0 saturated heterocycles. The second kappa shape index (κ2) is 6.48. The maximum atomic E-state index is 5.51. The molecule has 0 atom stereocenters. The van der Waals surface area contributed by atoms with Crippen LogP contribution in [0.3, 0.4) is 0 Å². The van der Waals surface area contributed by atoms with Crippen molar-refractivity contribution in [3.05, 3.63) is 42.2 Å². The van der Waals surface area contributed by atoms with Crippen molar-refractivity contribution >= 4 is 17.6 Å². The Labute approximate surface area is 118 Å². The van der Waals surface area contributed by atoms with Crippen molar-refractivity contribution in [2.75, 3.05) is 18.1 Å². The van der Waals surface area contributed by atoms with E-state index in [9.17, 15) is 0 Å². The third-order valence-electron chi connectivity index (χ3n) is 3.00. The first-order valence-electron chi connectivity index (χ1n) is 6.20. The summed E-state index contributed by atoms with van der Waals surface area (Å²) in [6.45, 7) is 2.15. The molecule has 1 aromatic carbocycles. The molecule has 0 aliphatic carbocycles. The Kier molecular flexibility index (Phi) is 4.68. The van der Waals surface area contributed by atoms with Crippen LogP contribution < -0.4 is 9.46 Å². The van der Waals surface area contributed by atoms with Crippen LogP contribution in [0.4, 0.5) is 5.69 Å². The van der Waals surface area contributed by atoms with Gasteiger partial charge in [-0.15, -0.1) is 0 Å². The number of aromatic nitrogens is 1. The van der Waals surface area contributed by atoms with E-state index in [1.807, 2.05) is 24.7 Å². The molecule has 0 bridgehead atoms. The number of hydrogen-bond donors (Lipinski definition) is 1. The standard InChI is InChI=1S/C15H18N2OS/c1-4-11-7-8-16-10-14(11)13-6-5-12(17-19-3)9-15(13)18-2/h5-10,17H,4H2,1-3H3. The lowest BCUT2D eigenvalue weighted by Gasteiger charge is -2.13. The monoisotopic (exact) mass is 274 g/mol. The van der Waals surface area contributed by atoms with Crippen molar-refractivity contribution in [1.29, 1.82) is 0 Å². The molecule has 1 N–H and O–H groups in total. The van der Waals surface area contributed by atoms with Gasteiger partial charge in [0.15, 0.2) is 0 Å². The Morgan fingerprint density at radius 1 is 1.26 bits per heavy atom. The Balaban J connectivity index is 2.49. The predicted octanol–water partition coefficient (Wildman–Crippen LogP) is 4.01. The zero-order valence-electron chi connectivity index (χ0n) is 11.4. The molecule has 19 heavy (non-hydrogen) atoms. The maximum Gasteiger partial charge on any atom is 0.128 e. The highest BCUT2D eigenvalue weighted by atomic mass is 32.2. The van der Waals surface area contributed by atoms with Crippen molar-refractivity contribution in [3.8, 4) is 16.9 Å². The lowest BCUT2D eigenvalue weighted by Crippen LogP contribution is -1.94. The highest BCUT2D eigenvalue weighted by molar-refractivity contribution is 7.99. The van der Waals surface area contributed by atoms with Gasteiger partial charge >= 0.3 is 0 Å². The summed E-state index contributed by atoms with van der Waals surface area (Å²) in [4.78, 5) is 4.23. The van der Waals surface area contributed by atoms with Gasteiger partial charge in [-0.25, -0.2) is 0 Å². The summed E-state index contributed by atoms with van der Waals surface area (Å²) in [6.07, 6.45) is 6.71. The van der Waals surface area contributed by atoms with E-state index in [2.05, 4.69) is 34.8 Å². The molecule has 1 aromatic heterocycles. The zero-order chi connectivity index (χ0) is 13.7. The number of aryl methyl sites for hydroxylation is 1. The molecular weight excluding hydrogens is 256 g/mol. The van der Waals surface area contributed by atoms with Gasteiger partial charge in [-0.1, -0.05) is 18.9 Å². The van der Waals surface area contributed by atoms with E-state index in [-0.39, 0.29) is 0 Å². The van der Waals surface area contributed by atoms with Gasteiger partial charge in [0.2, 0.25) is 0 Å². The minimum absolute atomic E-state index is 0.863. The molecule has 0 saturated carbocycles. The first-order chi connectivity index (χ1) is 9.30. The first-order valence-corrected chi connectivity index (χ1v) is 7.43. The topological polar surface area (TPSA) is 34.2 Å². The normalized spacial score (nSPS) is 10.3. The fraction of sp³-hybridized carbons (Fsp3) is 0.267. The van der Waals surface area contributed by atoms with Crippen LogP contribution in [-0.4, -0.2) is 18.3 Å². The zero-order valence-corrected chi connectivity index (χ0v) is 12.3. The average molecular weight is 274 g/mol. The molecule has 0 aliphatic heterocycles. The molecular formula is C15H18N2OS. The van der Waals surface area contributed by atoms with Crippen LogP contribution in [0.2, 0.25) is 0 Å². The van der Waals surface area contributed by atoms with Gasteiger partial charge in [0.25, 0.3) is 0 Å². The molecule has 2 aromatic rings. The van der Waals surface area contributed by atoms with Crippen LogP contribution >= 0.6 is 11.9 Å². The number of nitrogens with one attached hydrogen (secondary N) is 1. The lowest BCUT2D eigenvalue weighted by molar-refractivity contribution is 0.416. The summed E-state index contributed by atoms with van der Waals surface area (Å²) < 4.78 is 8.72. The molecule has 0 amide bonds. The number of benzene rings is 1. The van der Waals surface area contributed by atoms with E-state index >= 15 is 0 Å². The highest BCUT2D eigenvalue weighted by Crippen LogP contribution is 2.34. The van der Waals surface area contributed by atoms with Crippen LogP contribution in [-0.2, 0) is 6.42 Å². The molecule has 0 spiro atoms. The van der Waals surface area contributed by atoms with E-state index in [0.29, 0.717) is 0 Å². The number of nitrogens with zero attached hydrogens (tertiary/aromatic N) is 1. The van der Waals surface area contributed by atoms with Crippen LogP contribution in [0.5, 0.6) is 5.75 Å². The van der Waals surface area contributed by atoms with Gasteiger partial charge < -0.3 is 9.46 Å². The molecule has 2 rings (SSSR count). The van der Waals surface area contributed by atoms with E-state index in [1.165, 1.54) is 5.56 Å². The average Bonchev–Trinajstić information content (AvgIpc) is 2.47. The minimum Gasteiger partial charge on any atom is -0.496 e. The summed E-state index contributed by atoms with van der Waals surface area (Å²) in [5.74, 6) is 0.863. The van der Waals surface area contributed by atoms with Crippen LogP contribution in [0.25, 0.3) is 11.1 Å². The molecule has 0 unspecified atom stereocenters.